The SMILES string of the molecule is [N-]=[N+]=NCC1CC(=O)N(C(Cc2ccc(Br)cc2)C(=O)O)C1. The zero-order chi connectivity index (χ0) is 16.1. The Morgan fingerprint density at radius 3 is 2.77 bits per heavy atom. The third-order valence-electron chi connectivity index (χ3n) is 3.65. The van der Waals surface area contributed by atoms with Gasteiger partial charge >= 0.3 is 5.97 Å². The van der Waals surface area contributed by atoms with Crippen LogP contribution in [-0.2, 0) is 16.0 Å². The quantitative estimate of drug-likeness (QED) is 0.474. The minimum atomic E-state index is -1.03. The highest BCUT2D eigenvalue weighted by Crippen LogP contribution is 2.23. The monoisotopic (exact) mass is 366 g/mol. The zero-order valence-corrected chi connectivity index (χ0v) is 13.3. The molecule has 2 rings (SSSR count). The lowest BCUT2D eigenvalue weighted by Gasteiger charge is -2.24. The van der Waals surface area contributed by atoms with Crippen LogP contribution in [0.4, 0.5) is 0 Å². The van der Waals surface area contributed by atoms with Crippen LogP contribution < -0.4 is 0 Å². The van der Waals surface area contributed by atoms with Gasteiger partial charge in [0.2, 0.25) is 5.91 Å². The molecule has 0 aromatic heterocycles. The molecule has 1 aliphatic rings. The van der Waals surface area contributed by atoms with Crippen LogP contribution >= 0.6 is 15.9 Å². The Bertz CT molecular complexity index is 613. The van der Waals surface area contributed by atoms with E-state index in [4.69, 9.17) is 5.53 Å². The number of hydrogen-bond acceptors (Lipinski definition) is 3. The van der Waals surface area contributed by atoms with Gasteiger partial charge in [0, 0.05) is 35.3 Å². The van der Waals surface area contributed by atoms with Gasteiger partial charge in [-0.25, -0.2) is 4.79 Å². The molecule has 0 spiro atoms. The van der Waals surface area contributed by atoms with E-state index >= 15 is 0 Å². The maximum absolute atomic E-state index is 12.1. The minimum absolute atomic E-state index is 0.116. The van der Waals surface area contributed by atoms with Crippen LogP contribution in [0, 0.1) is 5.92 Å². The van der Waals surface area contributed by atoms with Gasteiger partial charge in [-0.3, -0.25) is 4.79 Å². The second kappa shape index (κ2) is 7.29. The van der Waals surface area contributed by atoms with E-state index in [1.54, 1.807) is 0 Å². The summed E-state index contributed by atoms with van der Waals surface area (Å²) in [5.41, 5.74) is 9.18. The molecule has 0 bridgehead atoms. The summed E-state index contributed by atoms with van der Waals surface area (Å²) in [7, 11) is 0. The molecule has 0 radical (unpaired) electrons. The van der Waals surface area contributed by atoms with Crippen molar-refractivity contribution in [2.24, 2.45) is 11.0 Å². The maximum Gasteiger partial charge on any atom is 0.326 e. The van der Waals surface area contributed by atoms with E-state index in [1.807, 2.05) is 24.3 Å². The van der Waals surface area contributed by atoms with Gasteiger partial charge in [0.05, 0.1) is 0 Å². The van der Waals surface area contributed by atoms with Gasteiger partial charge in [0.25, 0.3) is 0 Å². The number of rotatable bonds is 6. The lowest BCUT2D eigenvalue weighted by atomic mass is 10.0. The summed E-state index contributed by atoms with van der Waals surface area (Å²) in [5, 5.41) is 12.9. The number of azide groups is 1. The number of carboxylic acids is 1. The van der Waals surface area contributed by atoms with E-state index in [1.165, 1.54) is 4.90 Å². The fraction of sp³-hybridized carbons (Fsp3) is 0.429. The molecule has 116 valence electrons. The van der Waals surface area contributed by atoms with E-state index in [9.17, 15) is 14.7 Å². The van der Waals surface area contributed by atoms with E-state index < -0.39 is 12.0 Å². The first-order valence-electron chi connectivity index (χ1n) is 6.79. The average Bonchev–Trinajstić information content (AvgIpc) is 2.85. The lowest BCUT2D eigenvalue weighted by Crippen LogP contribution is -2.43. The first kappa shape index (κ1) is 16.3. The van der Waals surface area contributed by atoms with Gasteiger partial charge in [-0.05, 0) is 29.1 Å². The number of hydrogen-bond donors (Lipinski definition) is 1. The normalized spacial score (nSPS) is 18.9. The van der Waals surface area contributed by atoms with Gasteiger partial charge in [-0.1, -0.05) is 33.2 Å². The first-order chi connectivity index (χ1) is 10.5. The Balaban J connectivity index is 2.10. The van der Waals surface area contributed by atoms with Crippen molar-refractivity contribution in [3.63, 3.8) is 0 Å². The van der Waals surface area contributed by atoms with Gasteiger partial charge in [-0.15, -0.1) is 0 Å². The topological polar surface area (TPSA) is 106 Å². The first-order valence-corrected chi connectivity index (χ1v) is 7.58. The Hall–Kier alpha value is -2.05. The van der Waals surface area contributed by atoms with Gasteiger partial charge < -0.3 is 10.0 Å². The predicted molar refractivity (Wildman–Crippen MR) is 83.1 cm³/mol. The molecule has 2 atom stereocenters. The van der Waals surface area contributed by atoms with Gasteiger partial charge in [-0.2, -0.15) is 0 Å². The molecular weight excluding hydrogens is 352 g/mol. The van der Waals surface area contributed by atoms with Crippen LogP contribution in [-0.4, -0.2) is 41.0 Å². The third kappa shape index (κ3) is 3.99. The van der Waals surface area contributed by atoms with Crippen molar-refractivity contribution in [1.29, 1.82) is 0 Å². The number of carbonyl (C=O) groups is 2. The van der Waals surface area contributed by atoms with Crippen molar-refractivity contribution in [3.05, 3.63) is 44.7 Å². The lowest BCUT2D eigenvalue weighted by molar-refractivity contribution is -0.148. The molecule has 2 unspecified atom stereocenters. The van der Waals surface area contributed by atoms with Crippen molar-refractivity contribution < 1.29 is 14.7 Å². The zero-order valence-electron chi connectivity index (χ0n) is 11.7. The third-order valence-corrected chi connectivity index (χ3v) is 4.17. The molecule has 8 heteroatoms. The molecule has 7 nitrogen and oxygen atoms in total. The molecule has 1 aliphatic heterocycles. The number of aliphatic carboxylic acids is 1. The van der Waals surface area contributed by atoms with Crippen molar-refractivity contribution in [1.82, 2.24) is 4.90 Å². The van der Waals surface area contributed by atoms with Crippen LogP contribution in [0.25, 0.3) is 10.4 Å². The van der Waals surface area contributed by atoms with Crippen LogP contribution in [0.2, 0.25) is 0 Å². The fourth-order valence-corrected chi connectivity index (χ4v) is 2.82. The molecule has 1 N–H and O–H groups in total. The summed E-state index contributed by atoms with van der Waals surface area (Å²) in [6, 6.07) is 6.44. The van der Waals surface area contributed by atoms with Gasteiger partial charge in [0.15, 0.2) is 0 Å². The number of nitrogens with zero attached hydrogens (tertiary/aromatic N) is 4. The van der Waals surface area contributed by atoms with E-state index in [0.29, 0.717) is 6.54 Å². The highest BCUT2D eigenvalue weighted by atomic mass is 79.9. The molecule has 0 aliphatic carbocycles. The van der Waals surface area contributed by atoms with Crippen molar-refractivity contribution >= 4 is 27.8 Å². The molecule has 1 aromatic carbocycles. The molecule has 0 saturated carbocycles. The standard InChI is InChI=1S/C14H15BrN4O3/c15-11-3-1-9(2-4-11)5-12(14(21)22)19-8-10(6-13(19)20)7-17-18-16/h1-4,10,12H,5-8H2,(H,21,22). The summed E-state index contributed by atoms with van der Waals surface area (Å²) in [6.07, 6.45) is 0.478. The smallest absolute Gasteiger partial charge is 0.326 e. The van der Waals surface area contributed by atoms with Gasteiger partial charge in [0.1, 0.15) is 6.04 Å². The molecular formula is C14H15BrN4O3. The molecule has 1 fully saturated rings. The highest BCUT2D eigenvalue weighted by molar-refractivity contribution is 9.10. The molecule has 1 heterocycles. The number of carboxylic acid groups (broad SMARTS) is 1. The number of likely N-dealkylation sites (tertiary alicyclic amines) is 1. The Morgan fingerprint density at radius 1 is 1.50 bits per heavy atom. The molecule has 22 heavy (non-hydrogen) atoms. The maximum atomic E-state index is 12.1. The van der Waals surface area contributed by atoms with Crippen molar-refractivity contribution in [2.45, 2.75) is 18.9 Å². The number of halogens is 1. The number of benzene rings is 1. The summed E-state index contributed by atoms with van der Waals surface area (Å²) in [4.78, 5) is 27.7. The molecule has 1 aromatic rings. The minimum Gasteiger partial charge on any atom is -0.480 e. The largest absolute Gasteiger partial charge is 0.480 e. The Kier molecular flexibility index (Phi) is 5.41. The average molecular weight is 367 g/mol. The van der Waals surface area contributed by atoms with Crippen LogP contribution in [0.15, 0.2) is 33.9 Å². The molecule has 1 saturated heterocycles. The fourth-order valence-electron chi connectivity index (χ4n) is 2.56. The summed E-state index contributed by atoms with van der Waals surface area (Å²) in [6.45, 7) is 0.523. The van der Waals surface area contributed by atoms with Crippen LogP contribution in [0.1, 0.15) is 12.0 Å². The summed E-state index contributed by atoms with van der Waals surface area (Å²) >= 11 is 3.33. The van der Waals surface area contributed by atoms with E-state index in [-0.39, 0.29) is 31.2 Å². The number of amides is 1. The van der Waals surface area contributed by atoms with Crippen molar-refractivity contribution in [3.8, 4) is 0 Å². The van der Waals surface area contributed by atoms with E-state index in [0.717, 1.165) is 10.0 Å². The second-order valence-electron chi connectivity index (χ2n) is 5.21. The number of carbonyl (C=O) groups excluding carboxylic acids is 1. The van der Waals surface area contributed by atoms with Crippen LogP contribution in [0.3, 0.4) is 0 Å². The Morgan fingerprint density at radius 2 is 2.18 bits per heavy atom. The summed E-state index contributed by atoms with van der Waals surface area (Å²) in [5.74, 6) is -1.35. The predicted octanol–water partition coefficient (Wildman–Crippen LogP) is 2.60. The summed E-state index contributed by atoms with van der Waals surface area (Å²) < 4.78 is 0.912. The Labute approximate surface area is 135 Å². The van der Waals surface area contributed by atoms with Crippen LogP contribution in [0.5, 0.6) is 0 Å². The highest BCUT2D eigenvalue weighted by Gasteiger charge is 2.37. The van der Waals surface area contributed by atoms with Crippen molar-refractivity contribution in [2.75, 3.05) is 13.1 Å². The van der Waals surface area contributed by atoms with E-state index in [2.05, 4.69) is 26.0 Å². The second-order valence-corrected chi connectivity index (χ2v) is 6.13. The molecule has 1 amide bonds.